The quantitative estimate of drug-likeness (QED) is 0.532. The van der Waals surface area contributed by atoms with Gasteiger partial charge in [-0.15, -0.1) is 0 Å². The Bertz CT molecular complexity index is 280. The van der Waals surface area contributed by atoms with Gasteiger partial charge in [0, 0.05) is 6.08 Å². The minimum atomic E-state index is -1.02. The summed E-state index contributed by atoms with van der Waals surface area (Å²) >= 11 is 0. The Morgan fingerprint density at radius 1 is 1.27 bits per heavy atom. The van der Waals surface area contributed by atoms with Crippen molar-refractivity contribution in [1.82, 2.24) is 5.32 Å². The third-order valence-corrected chi connectivity index (χ3v) is 1.78. The van der Waals surface area contributed by atoms with E-state index in [4.69, 9.17) is 5.11 Å². The van der Waals surface area contributed by atoms with E-state index < -0.39 is 17.9 Å². The Labute approximate surface area is 89.7 Å². The first-order chi connectivity index (χ1) is 6.99. The third kappa shape index (κ3) is 5.67. The van der Waals surface area contributed by atoms with Crippen LogP contribution in [0.15, 0.2) is 24.3 Å². The number of hydrogen-bond donors (Lipinski definition) is 2. The molecule has 84 valence electrons. The standard InChI is InChI=1S/C11H17NO3/c1-4-5-6-7-9(13)12-10(8(2)3)11(14)15/h4-8,10H,1-3H3,(H,12,13)(H,14,15)/b5-4+,7-6+/t10-/m0/s1. The number of carbonyl (C=O) groups is 2. The molecule has 0 aromatic rings. The normalized spacial score (nSPS) is 13.6. The summed E-state index contributed by atoms with van der Waals surface area (Å²) in [6.07, 6.45) is 6.35. The van der Waals surface area contributed by atoms with Gasteiger partial charge in [0.05, 0.1) is 0 Å². The van der Waals surface area contributed by atoms with E-state index in [0.717, 1.165) is 0 Å². The number of carbonyl (C=O) groups excluding carboxylic acids is 1. The zero-order valence-electron chi connectivity index (χ0n) is 9.23. The monoisotopic (exact) mass is 211 g/mol. The maximum atomic E-state index is 11.2. The van der Waals surface area contributed by atoms with Crippen LogP contribution < -0.4 is 5.32 Å². The zero-order valence-corrected chi connectivity index (χ0v) is 9.23. The lowest BCUT2D eigenvalue weighted by molar-refractivity contribution is -0.142. The maximum Gasteiger partial charge on any atom is 0.326 e. The van der Waals surface area contributed by atoms with E-state index in [0.29, 0.717) is 0 Å². The van der Waals surface area contributed by atoms with Gasteiger partial charge in [0.2, 0.25) is 5.91 Å². The Morgan fingerprint density at radius 3 is 2.27 bits per heavy atom. The van der Waals surface area contributed by atoms with Crippen molar-refractivity contribution in [1.29, 1.82) is 0 Å². The van der Waals surface area contributed by atoms with Crippen LogP contribution in [0.3, 0.4) is 0 Å². The van der Waals surface area contributed by atoms with Gasteiger partial charge in [-0.05, 0) is 12.8 Å². The van der Waals surface area contributed by atoms with Gasteiger partial charge in [0.15, 0.2) is 0 Å². The minimum absolute atomic E-state index is 0.137. The van der Waals surface area contributed by atoms with E-state index >= 15 is 0 Å². The highest BCUT2D eigenvalue weighted by atomic mass is 16.4. The fraction of sp³-hybridized carbons (Fsp3) is 0.455. The first-order valence-electron chi connectivity index (χ1n) is 4.81. The van der Waals surface area contributed by atoms with Gasteiger partial charge in [-0.2, -0.15) is 0 Å². The average molecular weight is 211 g/mol. The van der Waals surface area contributed by atoms with Gasteiger partial charge in [0.25, 0.3) is 0 Å². The summed E-state index contributed by atoms with van der Waals surface area (Å²) in [4.78, 5) is 22.0. The summed E-state index contributed by atoms with van der Waals surface area (Å²) < 4.78 is 0. The Morgan fingerprint density at radius 2 is 1.87 bits per heavy atom. The topological polar surface area (TPSA) is 66.4 Å². The number of carboxylic acids is 1. The van der Waals surface area contributed by atoms with Crippen molar-refractivity contribution in [3.8, 4) is 0 Å². The average Bonchev–Trinajstić information content (AvgIpc) is 2.13. The van der Waals surface area contributed by atoms with Crippen LogP contribution in [0.1, 0.15) is 20.8 Å². The zero-order chi connectivity index (χ0) is 11.8. The van der Waals surface area contributed by atoms with Crippen molar-refractivity contribution in [3.05, 3.63) is 24.3 Å². The third-order valence-electron chi connectivity index (χ3n) is 1.78. The van der Waals surface area contributed by atoms with Crippen LogP contribution in [0.4, 0.5) is 0 Å². The summed E-state index contributed by atoms with van der Waals surface area (Å²) in [6, 6.07) is -0.840. The molecule has 4 heteroatoms. The molecule has 15 heavy (non-hydrogen) atoms. The largest absolute Gasteiger partial charge is 0.480 e. The van der Waals surface area contributed by atoms with Crippen molar-refractivity contribution in [3.63, 3.8) is 0 Å². The molecule has 0 aromatic carbocycles. The van der Waals surface area contributed by atoms with Crippen LogP contribution >= 0.6 is 0 Å². The van der Waals surface area contributed by atoms with Crippen molar-refractivity contribution in [2.75, 3.05) is 0 Å². The van der Waals surface area contributed by atoms with Crippen LogP contribution in [-0.2, 0) is 9.59 Å². The van der Waals surface area contributed by atoms with Crippen LogP contribution in [0.5, 0.6) is 0 Å². The van der Waals surface area contributed by atoms with E-state index in [2.05, 4.69) is 5.32 Å². The molecular weight excluding hydrogens is 194 g/mol. The molecule has 0 bridgehead atoms. The molecule has 0 unspecified atom stereocenters. The number of rotatable bonds is 5. The van der Waals surface area contributed by atoms with Gasteiger partial charge >= 0.3 is 5.97 Å². The second-order valence-electron chi connectivity index (χ2n) is 3.45. The molecule has 0 aliphatic heterocycles. The number of allylic oxidation sites excluding steroid dienone is 3. The van der Waals surface area contributed by atoms with Crippen LogP contribution in [0.2, 0.25) is 0 Å². The Kier molecular flexibility index (Phi) is 6.09. The fourth-order valence-electron chi connectivity index (χ4n) is 0.969. The summed E-state index contributed by atoms with van der Waals surface area (Å²) in [6.45, 7) is 5.32. The van der Waals surface area contributed by atoms with Crippen LogP contribution in [0, 0.1) is 5.92 Å². The van der Waals surface area contributed by atoms with Gasteiger partial charge in [-0.1, -0.05) is 32.1 Å². The lowest BCUT2D eigenvalue weighted by atomic mass is 10.0. The van der Waals surface area contributed by atoms with Crippen molar-refractivity contribution < 1.29 is 14.7 Å². The van der Waals surface area contributed by atoms with E-state index in [1.54, 1.807) is 32.1 Å². The second kappa shape index (κ2) is 6.81. The maximum absolute atomic E-state index is 11.2. The van der Waals surface area contributed by atoms with E-state index in [9.17, 15) is 9.59 Å². The smallest absolute Gasteiger partial charge is 0.326 e. The molecule has 0 aromatic heterocycles. The van der Waals surface area contributed by atoms with E-state index in [1.165, 1.54) is 6.08 Å². The number of carboxylic acid groups (broad SMARTS) is 1. The lowest BCUT2D eigenvalue weighted by Gasteiger charge is -2.16. The highest BCUT2D eigenvalue weighted by Crippen LogP contribution is 2.01. The first-order valence-corrected chi connectivity index (χ1v) is 4.81. The molecule has 0 heterocycles. The van der Waals surface area contributed by atoms with Gasteiger partial charge in [-0.3, -0.25) is 4.79 Å². The molecule has 0 spiro atoms. The number of aliphatic carboxylic acids is 1. The lowest BCUT2D eigenvalue weighted by Crippen LogP contribution is -2.43. The van der Waals surface area contributed by atoms with Crippen molar-refractivity contribution in [2.45, 2.75) is 26.8 Å². The first kappa shape index (κ1) is 13.4. The number of nitrogens with one attached hydrogen (secondary N) is 1. The summed E-state index contributed by atoms with van der Waals surface area (Å²) in [7, 11) is 0. The molecule has 1 atom stereocenters. The van der Waals surface area contributed by atoms with E-state index in [-0.39, 0.29) is 5.92 Å². The molecule has 1 amide bonds. The summed E-state index contributed by atoms with van der Waals surface area (Å²) in [5.41, 5.74) is 0. The summed E-state index contributed by atoms with van der Waals surface area (Å²) in [5.74, 6) is -1.55. The fourth-order valence-corrected chi connectivity index (χ4v) is 0.969. The minimum Gasteiger partial charge on any atom is -0.480 e. The molecule has 0 aliphatic rings. The van der Waals surface area contributed by atoms with E-state index in [1.807, 2.05) is 6.92 Å². The SMILES string of the molecule is C/C=C/C=C/C(=O)N[C@H](C(=O)O)C(C)C. The molecule has 0 saturated heterocycles. The van der Waals surface area contributed by atoms with Crippen LogP contribution in [0.25, 0.3) is 0 Å². The highest BCUT2D eigenvalue weighted by Gasteiger charge is 2.22. The molecule has 4 nitrogen and oxygen atoms in total. The molecule has 0 saturated carbocycles. The van der Waals surface area contributed by atoms with Crippen molar-refractivity contribution >= 4 is 11.9 Å². The second-order valence-corrected chi connectivity index (χ2v) is 3.45. The predicted molar refractivity (Wildman–Crippen MR) is 58.4 cm³/mol. The van der Waals surface area contributed by atoms with Gasteiger partial charge in [-0.25, -0.2) is 4.79 Å². The summed E-state index contributed by atoms with van der Waals surface area (Å²) in [5, 5.41) is 11.2. The molecule has 0 aliphatic carbocycles. The van der Waals surface area contributed by atoms with Gasteiger partial charge < -0.3 is 10.4 Å². The molecule has 2 N–H and O–H groups in total. The molecule has 0 radical (unpaired) electrons. The molecule has 0 fully saturated rings. The Balaban J connectivity index is 4.30. The van der Waals surface area contributed by atoms with Crippen molar-refractivity contribution in [2.24, 2.45) is 5.92 Å². The molecule has 0 rings (SSSR count). The molecular formula is C11H17NO3. The Hall–Kier alpha value is -1.58. The number of amides is 1. The van der Waals surface area contributed by atoms with Crippen LogP contribution in [-0.4, -0.2) is 23.0 Å². The predicted octanol–water partition coefficient (Wildman–Crippen LogP) is 1.34. The number of hydrogen-bond acceptors (Lipinski definition) is 2. The highest BCUT2D eigenvalue weighted by molar-refractivity contribution is 5.91. The van der Waals surface area contributed by atoms with Gasteiger partial charge in [0.1, 0.15) is 6.04 Å².